The highest BCUT2D eigenvalue weighted by molar-refractivity contribution is 6.31. The number of hydrogen-bond donors (Lipinski definition) is 3. The van der Waals surface area contributed by atoms with E-state index in [9.17, 15) is 0 Å². The first kappa shape index (κ1) is 19.9. The first-order valence-electron chi connectivity index (χ1n) is 9.03. The highest BCUT2D eigenvalue weighted by atomic mass is 35.5. The molecule has 2 aromatic heterocycles. The Morgan fingerprint density at radius 1 is 1.14 bits per heavy atom. The highest BCUT2D eigenvalue weighted by Crippen LogP contribution is 2.20. The lowest BCUT2D eigenvalue weighted by Gasteiger charge is -2.19. The standard InChI is InChI=1S/C20H24ClN7/c1-4-9-28(10-5-2)11-8-22-18-12-14(3)23-19(26-18)27-20-24-16-7-6-15(21)13-17(16)25-20/h4-7,12-13H,1-2,8-11H2,3H3,(H3,22,23,24,25,26,27). The maximum absolute atomic E-state index is 6.02. The number of imidazole rings is 1. The summed E-state index contributed by atoms with van der Waals surface area (Å²) in [6.45, 7) is 12.8. The van der Waals surface area contributed by atoms with E-state index in [0.29, 0.717) is 16.9 Å². The Morgan fingerprint density at radius 3 is 2.68 bits per heavy atom. The van der Waals surface area contributed by atoms with Crippen LogP contribution in [0.25, 0.3) is 11.0 Å². The second kappa shape index (κ2) is 9.34. The maximum atomic E-state index is 6.02. The molecule has 0 aliphatic rings. The van der Waals surface area contributed by atoms with Crippen molar-refractivity contribution in [3.05, 3.63) is 60.3 Å². The van der Waals surface area contributed by atoms with Gasteiger partial charge in [-0.05, 0) is 25.1 Å². The van der Waals surface area contributed by atoms with Gasteiger partial charge in [-0.3, -0.25) is 10.2 Å². The molecule has 7 nitrogen and oxygen atoms in total. The van der Waals surface area contributed by atoms with Crippen LogP contribution in [-0.4, -0.2) is 51.0 Å². The van der Waals surface area contributed by atoms with Gasteiger partial charge in [0.1, 0.15) is 5.82 Å². The zero-order valence-corrected chi connectivity index (χ0v) is 16.6. The van der Waals surface area contributed by atoms with E-state index in [2.05, 4.69) is 48.6 Å². The van der Waals surface area contributed by atoms with E-state index in [-0.39, 0.29) is 0 Å². The van der Waals surface area contributed by atoms with E-state index in [1.807, 2.05) is 43.3 Å². The summed E-state index contributed by atoms with van der Waals surface area (Å²) in [6.07, 6.45) is 3.78. The molecule has 0 saturated heterocycles. The molecule has 3 aromatic rings. The number of benzene rings is 1. The molecule has 0 atom stereocenters. The molecule has 0 amide bonds. The zero-order valence-electron chi connectivity index (χ0n) is 15.9. The van der Waals surface area contributed by atoms with Gasteiger partial charge in [-0.1, -0.05) is 23.8 Å². The minimum atomic E-state index is 0.474. The SMILES string of the molecule is C=CCN(CC=C)CCNc1cc(C)nc(Nc2nc3ccc(Cl)cc3[nH]2)n1. The molecule has 0 radical (unpaired) electrons. The average Bonchev–Trinajstić information content (AvgIpc) is 3.03. The Kier molecular flexibility index (Phi) is 6.62. The lowest BCUT2D eigenvalue weighted by Crippen LogP contribution is -2.29. The number of aryl methyl sites for hydroxylation is 1. The molecule has 3 rings (SSSR count). The third-order valence-electron chi connectivity index (χ3n) is 4.04. The van der Waals surface area contributed by atoms with Crippen LogP contribution in [0.5, 0.6) is 0 Å². The fourth-order valence-electron chi connectivity index (χ4n) is 2.83. The predicted octanol–water partition coefficient (Wildman–Crippen LogP) is 4.14. The number of H-pyrrole nitrogens is 1. The van der Waals surface area contributed by atoms with Gasteiger partial charge in [0.15, 0.2) is 0 Å². The van der Waals surface area contributed by atoms with Gasteiger partial charge in [0.05, 0.1) is 11.0 Å². The molecule has 28 heavy (non-hydrogen) atoms. The largest absolute Gasteiger partial charge is 0.369 e. The first-order chi connectivity index (χ1) is 13.6. The van der Waals surface area contributed by atoms with Crippen LogP contribution >= 0.6 is 11.6 Å². The summed E-state index contributed by atoms with van der Waals surface area (Å²) in [6, 6.07) is 7.41. The van der Waals surface area contributed by atoms with Crippen molar-refractivity contribution in [1.82, 2.24) is 24.8 Å². The summed E-state index contributed by atoms with van der Waals surface area (Å²) in [5.74, 6) is 1.80. The second-order valence-electron chi connectivity index (χ2n) is 6.35. The van der Waals surface area contributed by atoms with Gasteiger partial charge in [-0.2, -0.15) is 4.98 Å². The Labute approximate surface area is 169 Å². The van der Waals surface area contributed by atoms with E-state index in [4.69, 9.17) is 11.6 Å². The van der Waals surface area contributed by atoms with Gasteiger partial charge >= 0.3 is 0 Å². The van der Waals surface area contributed by atoms with Crippen molar-refractivity contribution >= 4 is 40.3 Å². The molecule has 8 heteroatoms. The number of nitrogens with zero attached hydrogens (tertiary/aromatic N) is 4. The third-order valence-corrected chi connectivity index (χ3v) is 4.27. The maximum Gasteiger partial charge on any atom is 0.231 e. The monoisotopic (exact) mass is 397 g/mol. The number of aromatic amines is 1. The second-order valence-corrected chi connectivity index (χ2v) is 6.79. The molecule has 0 unspecified atom stereocenters. The molecular formula is C20H24ClN7. The van der Waals surface area contributed by atoms with E-state index in [1.54, 1.807) is 0 Å². The molecule has 1 aromatic carbocycles. The molecule has 0 saturated carbocycles. The third kappa shape index (κ3) is 5.31. The predicted molar refractivity (Wildman–Crippen MR) is 116 cm³/mol. The molecule has 0 bridgehead atoms. The molecule has 0 spiro atoms. The molecule has 146 valence electrons. The number of aromatic nitrogens is 4. The summed E-state index contributed by atoms with van der Waals surface area (Å²) >= 11 is 6.02. The van der Waals surface area contributed by atoms with Crippen LogP contribution in [-0.2, 0) is 0 Å². The van der Waals surface area contributed by atoms with Crippen LogP contribution in [0.1, 0.15) is 5.69 Å². The first-order valence-corrected chi connectivity index (χ1v) is 9.41. The van der Waals surface area contributed by atoms with Crippen LogP contribution in [0.15, 0.2) is 49.6 Å². The normalized spacial score (nSPS) is 11.0. The number of halogens is 1. The van der Waals surface area contributed by atoms with Crippen LogP contribution in [0.3, 0.4) is 0 Å². The van der Waals surface area contributed by atoms with Gasteiger partial charge in [-0.15, -0.1) is 13.2 Å². The van der Waals surface area contributed by atoms with E-state index < -0.39 is 0 Å². The Hall–Kier alpha value is -2.90. The molecule has 3 N–H and O–H groups in total. The summed E-state index contributed by atoms with van der Waals surface area (Å²) in [7, 11) is 0. The van der Waals surface area contributed by atoms with E-state index in [1.165, 1.54) is 0 Å². The van der Waals surface area contributed by atoms with Crippen molar-refractivity contribution in [2.45, 2.75) is 6.92 Å². The van der Waals surface area contributed by atoms with Gasteiger partial charge in [-0.25, -0.2) is 9.97 Å². The fraction of sp³-hybridized carbons (Fsp3) is 0.250. The van der Waals surface area contributed by atoms with Crippen LogP contribution in [0.4, 0.5) is 17.7 Å². The summed E-state index contributed by atoms with van der Waals surface area (Å²) in [5, 5.41) is 7.12. The number of fused-ring (bicyclic) bond motifs is 1. The van der Waals surface area contributed by atoms with Crippen molar-refractivity contribution in [3.63, 3.8) is 0 Å². The lowest BCUT2D eigenvalue weighted by molar-refractivity contribution is 0.349. The Morgan fingerprint density at radius 2 is 1.93 bits per heavy atom. The molecule has 2 heterocycles. The van der Waals surface area contributed by atoms with E-state index >= 15 is 0 Å². The van der Waals surface area contributed by atoms with Crippen molar-refractivity contribution < 1.29 is 0 Å². The van der Waals surface area contributed by atoms with Crippen molar-refractivity contribution in [3.8, 4) is 0 Å². The molecule has 0 aliphatic carbocycles. The number of nitrogens with one attached hydrogen (secondary N) is 3. The topological polar surface area (TPSA) is 81.8 Å². The number of rotatable bonds is 10. The van der Waals surface area contributed by atoms with Crippen molar-refractivity contribution in [1.29, 1.82) is 0 Å². The number of hydrogen-bond acceptors (Lipinski definition) is 6. The van der Waals surface area contributed by atoms with Crippen LogP contribution in [0, 0.1) is 6.92 Å². The van der Waals surface area contributed by atoms with E-state index in [0.717, 1.165) is 48.7 Å². The molecular weight excluding hydrogens is 374 g/mol. The van der Waals surface area contributed by atoms with Gasteiger partial charge in [0.25, 0.3) is 0 Å². The van der Waals surface area contributed by atoms with Gasteiger partial charge < -0.3 is 10.3 Å². The zero-order chi connectivity index (χ0) is 19.9. The Balaban J connectivity index is 1.66. The smallest absolute Gasteiger partial charge is 0.231 e. The van der Waals surface area contributed by atoms with Crippen molar-refractivity contribution in [2.75, 3.05) is 36.8 Å². The van der Waals surface area contributed by atoms with Crippen LogP contribution < -0.4 is 10.6 Å². The Bertz CT molecular complexity index is 956. The van der Waals surface area contributed by atoms with Gasteiger partial charge in [0.2, 0.25) is 11.9 Å². The van der Waals surface area contributed by atoms with Crippen molar-refractivity contribution in [2.24, 2.45) is 0 Å². The fourth-order valence-corrected chi connectivity index (χ4v) is 3.00. The molecule has 0 aliphatic heterocycles. The summed E-state index contributed by atoms with van der Waals surface area (Å²) in [4.78, 5) is 18.9. The van der Waals surface area contributed by atoms with Gasteiger partial charge in [0, 0.05) is 43.0 Å². The summed E-state index contributed by atoms with van der Waals surface area (Å²) in [5.41, 5.74) is 2.53. The minimum absolute atomic E-state index is 0.474. The number of anilines is 3. The molecule has 0 fully saturated rings. The highest BCUT2D eigenvalue weighted by Gasteiger charge is 2.08. The average molecular weight is 398 g/mol. The van der Waals surface area contributed by atoms with Crippen LogP contribution in [0.2, 0.25) is 5.02 Å². The quantitative estimate of drug-likeness (QED) is 0.446. The lowest BCUT2D eigenvalue weighted by atomic mass is 10.3. The summed E-state index contributed by atoms with van der Waals surface area (Å²) < 4.78 is 0. The minimum Gasteiger partial charge on any atom is -0.369 e.